The fraction of sp³-hybridized carbons (Fsp3) is 0.250. The first-order valence-electron chi connectivity index (χ1n) is 11.7. The van der Waals surface area contributed by atoms with Crippen LogP contribution in [0.2, 0.25) is 0 Å². The highest BCUT2D eigenvalue weighted by molar-refractivity contribution is 6.51. The molecule has 1 unspecified atom stereocenters. The number of aryl methyl sites for hydroxylation is 1. The molecule has 172 valence electrons. The molecule has 0 bridgehead atoms. The quantitative estimate of drug-likeness (QED) is 0.323. The van der Waals surface area contributed by atoms with Crippen LogP contribution in [0, 0.1) is 0 Å². The number of rotatable bonds is 6. The number of pyridine rings is 1. The largest absolute Gasteiger partial charge is 0.507 e. The molecule has 3 aromatic rings. The number of aliphatic hydroxyl groups is 1. The van der Waals surface area contributed by atoms with Gasteiger partial charge in [0, 0.05) is 23.9 Å². The third kappa shape index (κ3) is 3.85. The summed E-state index contributed by atoms with van der Waals surface area (Å²) in [5, 5.41) is 11.3. The summed E-state index contributed by atoms with van der Waals surface area (Å²) in [7, 11) is 0. The van der Waals surface area contributed by atoms with Crippen LogP contribution >= 0.6 is 0 Å². The van der Waals surface area contributed by atoms with Gasteiger partial charge >= 0.3 is 0 Å². The van der Waals surface area contributed by atoms with Gasteiger partial charge in [0.25, 0.3) is 11.7 Å². The number of fused-ring (bicyclic) bond motifs is 1. The van der Waals surface area contributed by atoms with Crippen LogP contribution in [0.5, 0.6) is 5.75 Å². The second-order valence-electron chi connectivity index (χ2n) is 8.61. The van der Waals surface area contributed by atoms with E-state index < -0.39 is 17.7 Å². The number of ether oxygens (including phenoxy) is 1. The van der Waals surface area contributed by atoms with Gasteiger partial charge in [-0.05, 0) is 66.4 Å². The van der Waals surface area contributed by atoms with E-state index >= 15 is 0 Å². The van der Waals surface area contributed by atoms with Gasteiger partial charge in [-0.1, -0.05) is 31.5 Å². The average molecular weight is 455 g/mol. The maximum Gasteiger partial charge on any atom is 0.300 e. The third-order valence-corrected chi connectivity index (χ3v) is 6.41. The molecule has 1 amide bonds. The van der Waals surface area contributed by atoms with Crippen LogP contribution in [0.1, 0.15) is 48.2 Å². The number of hydrogen-bond donors (Lipinski definition) is 1. The van der Waals surface area contributed by atoms with Crippen molar-refractivity contribution in [1.29, 1.82) is 0 Å². The Bertz CT molecular complexity index is 1270. The van der Waals surface area contributed by atoms with Gasteiger partial charge < -0.3 is 9.84 Å². The van der Waals surface area contributed by atoms with E-state index in [9.17, 15) is 14.7 Å². The lowest BCUT2D eigenvalue weighted by molar-refractivity contribution is -0.132. The van der Waals surface area contributed by atoms with Gasteiger partial charge in [0.15, 0.2) is 0 Å². The standard InChI is InChI=1S/C28H26N2O4/c1-2-3-6-18-8-11-21(12-9-18)30-25(22-7-4-5-15-29-22)24(27(32)28(30)33)26(31)20-10-13-23-19(17-20)14-16-34-23/h4-5,7-13,15,17,25,31H,2-3,6,14,16H2,1H3/b26-24-. The van der Waals surface area contributed by atoms with E-state index in [1.165, 1.54) is 10.5 Å². The summed E-state index contributed by atoms with van der Waals surface area (Å²) in [6.45, 7) is 2.74. The molecule has 0 saturated carbocycles. The first kappa shape index (κ1) is 21.9. The summed E-state index contributed by atoms with van der Waals surface area (Å²) in [6.07, 6.45) is 5.50. The second-order valence-corrected chi connectivity index (χ2v) is 8.61. The Balaban J connectivity index is 1.61. The smallest absolute Gasteiger partial charge is 0.300 e. The van der Waals surface area contributed by atoms with Crippen LogP contribution in [-0.4, -0.2) is 28.4 Å². The van der Waals surface area contributed by atoms with Crippen molar-refractivity contribution in [2.75, 3.05) is 11.5 Å². The lowest BCUT2D eigenvalue weighted by Gasteiger charge is -2.24. The molecular formula is C28H26N2O4. The number of aliphatic hydroxyl groups excluding tert-OH is 1. The molecule has 0 spiro atoms. The molecule has 3 heterocycles. The zero-order chi connectivity index (χ0) is 23.7. The summed E-state index contributed by atoms with van der Waals surface area (Å²) in [5.41, 5.74) is 3.78. The molecule has 34 heavy (non-hydrogen) atoms. The summed E-state index contributed by atoms with van der Waals surface area (Å²) in [6, 6.07) is 17.5. The van der Waals surface area contributed by atoms with Crippen LogP contribution in [0.25, 0.3) is 5.76 Å². The van der Waals surface area contributed by atoms with Crippen molar-refractivity contribution in [2.24, 2.45) is 0 Å². The number of hydrogen-bond acceptors (Lipinski definition) is 5. The van der Waals surface area contributed by atoms with E-state index in [0.717, 1.165) is 37.0 Å². The van der Waals surface area contributed by atoms with Crippen molar-refractivity contribution in [3.8, 4) is 5.75 Å². The molecule has 1 atom stereocenters. The van der Waals surface area contributed by atoms with E-state index in [1.54, 1.807) is 30.5 Å². The Morgan fingerprint density at radius 1 is 1.12 bits per heavy atom. The van der Waals surface area contributed by atoms with Gasteiger partial charge in [-0.2, -0.15) is 0 Å². The van der Waals surface area contributed by atoms with Crippen LogP contribution in [0.15, 0.2) is 72.4 Å². The normalized spacial score (nSPS) is 18.7. The van der Waals surface area contributed by atoms with Gasteiger partial charge in [-0.25, -0.2) is 0 Å². The second kappa shape index (κ2) is 9.14. The Morgan fingerprint density at radius 3 is 2.68 bits per heavy atom. The van der Waals surface area contributed by atoms with Crippen LogP contribution in [0.4, 0.5) is 5.69 Å². The van der Waals surface area contributed by atoms with Crippen molar-refractivity contribution in [2.45, 2.75) is 38.6 Å². The minimum atomic E-state index is -0.827. The topological polar surface area (TPSA) is 79.7 Å². The predicted octanol–water partition coefficient (Wildman–Crippen LogP) is 4.99. The number of carbonyl (C=O) groups excluding carboxylic acids is 2. The molecule has 2 aliphatic rings. The predicted molar refractivity (Wildman–Crippen MR) is 130 cm³/mol. The SMILES string of the molecule is CCCCc1ccc(N2C(=O)C(=O)/C(=C(\O)c3ccc4c(c3)CCO4)C2c2ccccn2)cc1. The third-order valence-electron chi connectivity index (χ3n) is 6.41. The van der Waals surface area contributed by atoms with Gasteiger partial charge in [-0.3, -0.25) is 19.5 Å². The number of nitrogens with zero attached hydrogens (tertiary/aromatic N) is 2. The van der Waals surface area contributed by atoms with E-state index in [0.29, 0.717) is 23.6 Å². The summed E-state index contributed by atoms with van der Waals surface area (Å²) < 4.78 is 5.56. The number of Topliss-reactive ketones (excluding diaryl/α,β-unsaturated/α-hetero) is 1. The fourth-order valence-corrected chi connectivity index (χ4v) is 4.61. The highest BCUT2D eigenvalue weighted by Crippen LogP contribution is 2.42. The minimum absolute atomic E-state index is 0.0395. The first-order chi connectivity index (χ1) is 16.6. The Morgan fingerprint density at radius 2 is 1.94 bits per heavy atom. The average Bonchev–Trinajstić information content (AvgIpc) is 3.45. The number of amides is 1. The summed E-state index contributed by atoms with van der Waals surface area (Å²) in [4.78, 5) is 32.4. The molecule has 2 aliphatic heterocycles. The molecule has 0 radical (unpaired) electrons. The van der Waals surface area contributed by atoms with E-state index in [-0.39, 0.29) is 11.3 Å². The molecule has 6 nitrogen and oxygen atoms in total. The van der Waals surface area contributed by atoms with Crippen molar-refractivity contribution in [3.05, 3.63) is 94.8 Å². The van der Waals surface area contributed by atoms with Gasteiger partial charge in [-0.15, -0.1) is 0 Å². The van der Waals surface area contributed by atoms with E-state index in [4.69, 9.17) is 4.74 Å². The number of anilines is 1. The minimum Gasteiger partial charge on any atom is -0.507 e. The van der Waals surface area contributed by atoms with E-state index in [2.05, 4.69) is 11.9 Å². The van der Waals surface area contributed by atoms with Crippen molar-refractivity contribution >= 4 is 23.1 Å². The zero-order valence-corrected chi connectivity index (χ0v) is 19.0. The van der Waals surface area contributed by atoms with Gasteiger partial charge in [0.05, 0.1) is 17.9 Å². The summed E-state index contributed by atoms with van der Waals surface area (Å²) in [5.74, 6) is -0.824. The van der Waals surface area contributed by atoms with E-state index in [1.807, 2.05) is 36.4 Å². The van der Waals surface area contributed by atoms with Gasteiger partial charge in [0.1, 0.15) is 17.6 Å². The molecule has 6 heteroatoms. The molecular weight excluding hydrogens is 428 g/mol. The number of aromatic nitrogens is 1. The number of carbonyl (C=O) groups is 2. The highest BCUT2D eigenvalue weighted by Gasteiger charge is 2.47. The maximum atomic E-state index is 13.3. The Kier molecular flexibility index (Phi) is 5.88. The number of benzene rings is 2. The van der Waals surface area contributed by atoms with Crippen LogP contribution in [-0.2, 0) is 22.4 Å². The van der Waals surface area contributed by atoms with Crippen LogP contribution < -0.4 is 9.64 Å². The highest BCUT2D eigenvalue weighted by atomic mass is 16.5. The zero-order valence-electron chi connectivity index (χ0n) is 19.0. The first-order valence-corrected chi connectivity index (χ1v) is 11.7. The number of ketones is 1. The molecule has 1 N–H and O–H groups in total. The lowest BCUT2D eigenvalue weighted by Crippen LogP contribution is -2.29. The Hall–Kier alpha value is -3.93. The van der Waals surface area contributed by atoms with Crippen LogP contribution in [0.3, 0.4) is 0 Å². The molecule has 2 aromatic carbocycles. The summed E-state index contributed by atoms with van der Waals surface area (Å²) >= 11 is 0. The van der Waals surface area contributed by atoms with Gasteiger partial charge in [0.2, 0.25) is 0 Å². The van der Waals surface area contributed by atoms with Crippen molar-refractivity contribution < 1.29 is 19.4 Å². The van der Waals surface area contributed by atoms with Crippen molar-refractivity contribution in [3.63, 3.8) is 0 Å². The Labute approximate surface area is 198 Å². The molecule has 5 rings (SSSR count). The fourth-order valence-electron chi connectivity index (χ4n) is 4.61. The molecule has 1 saturated heterocycles. The lowest BCUT2D eigenvalue weighted by atomic mass is 9.97. The van der Waals surface area contributed by atoms with Crippen molar-refractivity contribution in [1.82, 2.24) is 4.98 Å². The molecule has 0 aliphatic carbocycles. The monoisotopic (exact) mass is 454 g/mol. The molecule has 1 fully saturated rings. The molecule has 1 aromatic heterocycles. The number of unbranched alkanes of at least 4 members (excludes halogenated alkanes) is 1. The maximum absolute atomic E-state index is 13.3.